The largest absolute Gasteiger partial charge is 0.550 e. The maximum atomic E-state index is 12.0. The van der Waals surface area contributed by atoms with Crippen LogP contribution in [0.3, 0.4) is 0 Å². The molecule has 4 atom stereocenters. The van der Waals surface area contributed by atoms with E-state index in [-0.39, 0.29) is 12.2 Å². The lowest BCUT2D eigenvalue weighted by Crippen LogP contribution is -2.52. The zero-order valence-corrected chi connectivity index (χ0v) is 10.9. The molecule has 106 valence electrons. The number of rotatable bonds is 3. The van der Waals surface area contributed by atoms with Gasteiger partial charge in [0.25, 0.3) is 0 Å². The number of ketones is 1. The molecule has 1 aromatic carbocycles. The van der Waals surface area contributed by atoms with Crippen molar-refractivity contribution in [3.63, 3.8) is 0 Å². The van der Waals surface area contributed by atoms with Crippen molar-refractivity contribution in [2.75, 3.05) is 0 Å². The second kappa shape index (κ2) is 5.45. The lowest BCUT2D eigenvalue weighted by Gasteiger charge is -2.42. The van der Waals surface area contributed by atoms with E-state index in [1.165, 1.54) is 0 Å². The van der Waals surface area contributed by atoms with Crippen LogP contribution in [-0.4, -0.2) is 17.7 Å². The molecule has 1 saturated carbocycles. The van der Waals surface area contributed by atoms with Crippen molar-refractivity contribution in [1.82, 2.24) is 0 Å². The molecule has 5 nitrogen and oxygen atoms in total. The van der Waals surface area contributed by atoms with Gasteiger partial charge in [0.1, 0.15) is 5.78 Å². The molecule has 0 N–H and O–H groups in total. The van der Waals surface area contributed by atoms with Crippen LogP contribution in [0, 0.1) is 17.8 Å². The van der Waals surface area contributed by atoms with Gasteiger partial charge in [-0.05, 0) is 5.56 Å². The molecule has 1 fully saturated rings. The first-order valence-corrected chi connectivity index (χ1v) is 6.43. The number of aliphatic carboxylic acids is 2. The molecule has 20 heavy (non-hydrogen) atoms. The Hall–Kier alpha value is -2.17. The van der Waals surface area contributed by atoms with Crippen molar-refractivity contribution in [3.05, 3.63) is 35.9 Å². The summed E-state index contributed by atoms with van der Waals surface area (Å²) < 4.78 is 0. The minimum Gasteiger partial charge on any atom is -0.550 e. The number of hydrogen-bond acceptors (Lipinski definition) is 5. The first-order chi connectivity index (χ1) is 9.43. The second-order valence-corrected chi connectivity index (χ2v) is 5.17. The fraction of sp³-hybridized carbons (Fsp3) is 0.400. The van der Waals surface area contributed by atoms with Gasteiger partial charge < -0.3 is 19.8 Å². The van der Waals surface area contributed by atoms with E-state index in [0.29, 0.717) is 5.56 Å². The molecule has 1 aliphatic rings. The monoisotopic (exact) mass is 274 g/mol. The number of benzene rings is 1. The summed E-state index contributed by atoms with van der Waals surface area (Å²) in [5, 5.41) is 22.5. The smallest absolute Gasteiger partial charge is 0.137 e. The van der Waals surface area contributed by atoms with Crippen LogP contribution in [0.2, 0.25) is 0 Å². The van der Waals surface area contributed by atoms with E-state index in [0.717, 1.165) is 0 Å². The van der Waals surface area contributed by atoms with Crippen LogP contribution in [0.15, 0.2) is 30.3 Å². The van der Waals surface area contributed by atoms with E-state index < -0.39 is 35.6 Å². The van der Waals surface area contributed by atoms with Gasteiger partial charge >= 0.3 is 0 Å². The van der Waals surface area contributed by atoms with Crippen LogP contribution in [-0.2, 0) is 14.4 Å². The summed E-state index contributed by atoms with van der Waals surface area (Å²) in [5.74, 6) is -7.08. The summed E-state index contributed by atoms with van der Waals surface area (Å²) in [6, 6.07) is 8.61. The van der Waals surface area contributed by atoms with Gasteiger partial charge in [0.15, 0.2) is 0 Å². The molecule has 0 radical (unpaired) electrons. The van der Waals surface area contributed by atoms with Gasteiger partial charge in [-0.1, -0.05) is 37.3 Å². The van der Waals surface area contributed by atoms with Crippen molar-refractivity contribution in [1.29, 1.82) is 0 Å². The zero-order chi connectivity index (χ0) is 14.9. The van der Waals surface area contributed by atoms with Crippen LogP contribution >= 0.6 is 0 Å². The number of carboxylic acid groups (broad SMARTS) is 2. The minimum atomic E-state index is -1.51. The van der Waals surface area contributed by atoms with E-state index in [1.54, 1.807) is 37.3 Å². The summed E-state index contributed by atoms with van der Waals surface area (Å²) in [5.41, 5.74) is 0.633. The number of carbonyl (C=O) groups is 3. The van der Waals surface area contributed by atoms with E-state index in [9.17, 15) is 24.6 Å². The molecule has 0 saturated heterocycles. The predicted molar refractivity (Wildman–Crippen MR) is 65.0 cm³/mol. The fourth-order valence-electron chi connectivity index (χ4n) is 3.00. The molecule has 0 aliphatic heterocycles. The standard InChI is InChI=1S/C15H16O5/c1-8-11(16)7-10(14(17)18)13(15(19)20)12(8)9-5-3-2-4-6-9/h2-6,8,10,12-13H,7H2,1H3,(H,17,18)(H,19,20)/p-2/t8-,10+,12+,13+/m0/s1. The van der Waals surface area contributed by atoms with E-state index in [4.69, 9.17) is 0 Å². The summed E-state index contributed by atoms with van der Waals surface area (Å²) >= 11 is 0. The highest BCUT2D eigenvalue weighted by atomic mass is 16.4. The minimum absolute atomic E-state index is 0.259. The summed E-state index contributed by atoms with van der Waals surface area (Å²) in [4.78, 5) is 34.5. The highest BCUT2D eigenvalue weighted by Crippen LogP contribution is 2.42. The van der Waals surface area contributed by atoms with Gasteiger partial charge in [-0.15, -0.1) is 0 Å². The topological polar surface area (TPSA) is 97.3 Å². The molecule has 0 aromatic heterocycles. The zero-order valence-electron chi connectivity index (χ0n) is 10.9. The number of Topliss-reactive ketones (excluding diaryl/α,β-unsaturated/α-hetero) is 1. The van der Waals surface area contributed by atoms with Crippen LogP contribution in [0.5, 0.6) is 0 Å². The molecule has 0 heterocycles. The van der Waals surface area contributed by atoms with Crippen molar-refractivity contribution >= 4 is 17.7 Å². The average molecular weight is 274 g/mol. The maximum absolute atomic E-state index is 12.0. The summed E-state index contributed by atoms with van der Waals surface area (Å²) in [7, 11) is 0. The van der Waals surface area contributed by atoms with Crippen molar-refractivity contribution in [2.45, 2.75) is 19.3 Å². The molecule has 0 unspecified atom stereocenters. The lowest BCUT2D eigenvalue weighted by atomic mass is 9.64. The Morgan fingerprint density at radius 3 is 2.20 bits per heavy atom. The third kappa shape index (κ3) is 2.43. The lowest BCUT2D eigenvalue weighted by molar-refractivity contribution is -0.328. The molecule has 0 amide bonds. The van der Waals surface area contributed by atoms with Crippen LogP contribution in [0.4, 0.5) is 0 Å². The van der Waals surface area contributed by atoms with Crippen LogP contribution < -0.4 is 10.2 Å². The molecule has 2 rings (SSSR count). The van der Waals surface area contributed by atoms with E-state index >= 15 is 0 Å². The van der Waals surface area contributed by atoms with E-state index in [1.807, 2.05) is 0 Å². The number of hydrogen-bond donors (Lipinski definition) is 0. The molecule has 1 aromatic rings. The molecule has 0 bridgehead atoms. The maximum Gasteiger partial charge on any atom is 0.137 e. The average Bonchev–Trinajstić information content (AvgIpc) is 2.41. The predicted octanol–water partition coefficient (Wildman–Crippen LogP) is -0.889. The van der Waals surface area contributed by atoms with Crippen LogP contribution in [0.25, 0.3) is 0 Å². The Balaban J connectivity index is 2.50. The highest BCUT2D eigenvalue weighted by Gasteiger charge is 2.43. The fourth-order valence-corrected chi connectivity index (χ4v) is 3.00. The number of carboxylic acids is 2. The normalized spacial score (nSPS) is 29.9. The molecular weight excluding hydrogens is 260 g/mol. The first-order valence-electron chi connectivity index (χ1n) is 6.43. The van der Waals surface area contributed by atoms with Gasteiger partial charge in [-0.3, -0.25) is 4.79 Å². The first kappa shape index (κ1) is 14.2. The summed E-state index contributed by atoms with van der Waals surface area (Å²) in [6.07, 6.45) is -0.314. The van der Waals surface area contributed by atoms with Crippen molar-refractivity contribution in [2.24, 2.45) is 17.8 Å². The third-order valence-corrected chi connectivity index (χ3v) is 4.05. The summed E-state index contributed by atoms with van der Waals surface area (Å²) in [6.45, 7) is 1.63. The van der Waals surface area contributed by atoms with Gasteiger partial charge in [-0.25, -0.2) is 0 Å². The Bertz CT molecular complexity index is 536. The Morgan fingerprint density at radius 2 is 1.70 bits per heavy atom. The second-order valence-electron chi connectivity index (χ2n) is 5.17. The molecule has 1 aliphatic carbocycles. The van der Waals surface area contributed by atoms with Gasteiger partial charge in [0.05, 0.1) is 0 Å². The number of carbonyl (C=O) groups excluding carboxylic acids is 3. The van der Waals surface area contributed by atoms with Crippen molar-refractivity contribution < 1.29 is 24.6 Å². The molecule has 0 spiro atoms. The highest BCUT2D eigenvalue weighted by molar-refractivity contribution is 5.91. The Kier molecular flexibility index (Phi) is 3.88. The quantitative estimate of drug-likeness (QED) is 0.712. The van der Waals surface area contributed by atoms with Gasteiger partial charge in [-0.2, -0.15) is 0 Å². The third-order valence-electron chi connectivity index (χ3n) is 4.05. The van der Waals surface area contributed by atoms with Crippen LogP contribution in [0.1, 0.15) is 24.8 Å². The molecular formula is C15H14O5-2. The van der Waals surface area contributed by atoms with Gasteiger partial charge in [0, 0.05) is 42.0 Å². The van der Waals surface area contributed by atoms with Gasteiger partial charge in [0.2, 0.25) is 0 Å². The SMILES string of the molecule is C[C@H]1C(=O)C[C@@H](C(=O)[O-])[C@@H](C(=O)[O-])[C@H]1c1ccccc1. The van der Waals surface area contributed by atoms with Crippen molar-refractivity contribution in [3.8, 4) is 0 Å². The molecule has 5 heteroatoms. The Labute approximate surface area is 116 Å². The van der Waals surface area contributed by atoms with E-state index in [2.05, 4.69) is 0 Å². The Morgan fingerprint density at radius 1 is 1.10 bits per heavy atom.